The molecule has 1 aliphatic carbocycles. The van der Waals surface area contributed by atoms with Crippen molar-refractivity contribution in [2.75, 3.05) is 13.7 Å². The standard InChI is InChI=1S/C23H24O4/c1-4-27-23(25)22-20(19-8-6-5-7-15(19)2)13-17(14-21(22)24)16-9-11-18(26-3)12-10-16/h5-12,14,20,22H,4,13H2,1-3H3/t20-,22+/m0/s1. The molecule has 0 saturated carbocycles. The molecule has 0 spiro atoms. The van der Waals surface area contributed by atoms with Gasteiger partial charge in [-0.25, -0.2) is 0 Å². The number of hydrogen-bond donors (Lipinski definition) is 0. The molecule has 0 N–H and O–H groups in total. The fourth-order valence-electron chi connectivity index (χ4n) is 3.68. The number of esters is 1. The molecule has 0 heterocycles. The van der Waals surface area contributed by atoms with Crippen LogP contribution >= 0.6 is 0 Å². The van der Waals surface area contributed by atoms with E-state index in [0.29, 0.717) is 6.42 Å². The number of aryl methyl sites for hydroxylation is 1. The number of ketones is 1. The second kappa shape index (κ2) is 8.21. The largest absolute Gasteiger partial charge is 0.497 e. The zero-order chi connectivity index (χ0) is 19.4. The number of benzene rings is 2. The van der Waals surface area contributed by atoms with E-state index >= 15 is 0 Å². The lowest BCUT2D eigenvalue weighted by Crippen LogP contribution is -2.34. The van der Waals surface area contributed by atoms with Crippen LogP contribution in [0.4, 0.5) is 0 Å². The van der Waals surface area contributed by atoms with Gasteiger partial charge in [-0.05, 0) is 60.7 Å². The van der Waals surface area contributed by atoms with Crippen molar-refractivity contribution < 1.29 is 19.1 Å². The van der Waals surface area contributed by atoms with Crippen molar-refractivity contribution in [3.8, 4) is 5.75 Å². The third-order valence-corrected chi connectivity index (χ3v) is 5.05. The van der Waals surface area contributed by atoms with Crippen LogP contribution in [0.15, 0.2) is 54.6 Å². The lowest BCUT2D eigenvalue weighted by molar-refractivity contribution is -0.151. The van der Waals surface area contributed by atoms with Gasteiger partial charge in [-0.2, -0.15) is 0 Å². The zero-order valence-electron chi connectivity index (χ0n) is 15.9. The SMILES string of the molecule is CCOC(=O)[C@H]1C(=O)C=C(c2ccc(OC)cc2)C[C@H]1c1ccccc1C. The fourth-order valence-corrected chi connectivity index (χ4v) is 3.68. The maximum atomic E-state index is 12.9. The van der Waals surface area contributed by atoms with Gasteiger partial charge in [0.1, 0.15) is 11.7 Å². The highest BCUT2D eigenvalue weighted by molar-refractivity contribution is 6.10. The second-order valence-electron chi connectivity index (χ2n) is 6.70. The highest BCUT2D eigenvalue weighted by Crippen LogP contribution is 2.41. The van der Waals surface area contributed by atoms with Gasteiger partial charge in [0, 0.05) is 5.92 Å². The van der Waals surface area contributed by atoms with Crippen molar-refractivity contribution in [3.05, 3.63) is 71.3 Å². The normalized spacial score (nSPS) is 19.4. The van der Waals surface area contributed by atoms with E-state index in [2.05, 4.69) is 0 Å². The summed E-state index contributed by atoms with van der Waals surface area (Å²) in [6.45, 7) is 4.03. The number of hydrogen-bond acceptors (Lipinski definition) is 4. The Morgan fingerprint density at radius 1 is 1.11 bits per heavy atom. The van der Waals surface area contributed by atoms with Crippen LogP contribution in [0.1, 0.15) is 36.0 Å². The van der Waals surface area contributed by atoms with Crippen LogP contribution in [0.2, 0.25) is 0 Å². The minimum atomic E-state index is -0.798. The molecule has 4 nitrogen and oxygen atoms in total. The van der Waals surface area contributed by atoms with E-state index in [1.807, 2.05) is 55.5 Å². The van der Waals surface area contributed by atoms with Crippen molar-refractivity contribution in [1.82, 2.24) is 0 Å². The first-order valence-electron chi connectivity index (χ1n) is 9.16. The van der Waals surface area contributed by atoms with Crippen LogP contribution < -0.4 is 4.74 Å². The van der Waals surface area contributed by atoms with Crippen LogP contribution in [0.3, 0.4) is 0 Å². The molecule has 1 aliphatic rings. The first kappa shape index (κ1) is 18.9. The first-order valence-corrected chi connectivity index (χ1v) is 9.16. The van der Waals surface area contributed by atoms with Gasteiger partial charge in [0.15, 0.2) is 5.78 Å². The maximum absolute atomic E-state index is 12.9. The van der Waals surface area contributed by atoms with E-state index in [1.165, 1.54) is 0 Å². The third kappa shape index (κ3) is 3.95. The Labute approximate surface area is 159 Å². The molecule has 0 saturated heterocycles. The molecule has 4 heteroatoms. The van der Waals surface area contributed by atoms with Gasteiger partial charge in [0.2, 0.25) is 0 Å². The molecule has 2 aromatic carbocycles. The maximum Gasteiger partial charge on any atom is 0.317 e. The number of rotatable bonds is 5. The lowest BCUT2D eigenvalue weighted by Gasteiger charge is -2.30. The van der Waals surface area contributed by atoms with Gasteiger partial charge >= 0.3 is 5.97 Å². The molecule has 27 heavy (non-hydrogen) atoms. The van der Waals surface area contributed by atoms with Gasteiger partial charge < -0.3 is 9.47 Å². The average molecular weight is 364 g/mol. The summed E-state index contributed by atoms with van der Waals surface area (Å²) in [5.74, 6) is -0.909. The first-order chi connectivity index (χ1) is 13.0. The summed E-state index contributed by atoms with van der Waals surface area (Å²) in [5, 5.41) is 0. The quantitative estimate of drug-likeness (QED) is 0.586. The molecule has 0 aromatic heterocycles. The lowest BCUT2D eigenvalue weighted by atomic mass is 9.72. The molecule has 2 atom stereocenters. The second-order valence-corrected chi connectivity index (χ2v) is 6.70. The van der Waals surface area contributed by atoms with E-state index < -0.39 is 11.9 Å². The Morgan fingerprint density at radius 3 is 2.44 bits per heavy atom. The number of carbonyl (C=O) groups is 2. The van der Waals surface area contributed by atoms with Gasteiger partial charge in [-0.1, -0.05) is 36.4 Å². The van der Waals surface area contributed by atoms with Crippen LogP contribution in [-0.4, -0.2) is 25.5 Å². The topological polar surface area (TPSA) is 52.6 Å². The monoisotopic (exact) mass is 364 g/mol. The average Bonchev–Trinajstić information content (AvgIpc) is 2.68. The highest BCUT2D eigenvalue weighted by Gasteiger charge is 2.40. The van der Waals surface area contributed by atoms with E-state index in [9.17, 15) is 9.59 Å². The van der Waals surface area contributed by atoms with Crippen molar-refractivity contribution in [2.45, 2.75) is 26.2 Å². The molecule has 0 aliphatic heterocycles. The Balaban J connectivity index is 2.02. The summed E-state index contributed by atoms with van der Waals surface area (Å²) >= 11 is 0. The third-order valence-electron chi connectivity index (χ3n) is 5.05. The number of methoxy groups -OCH3 is 1. The van der Waals surface area contributed by atoms with Crippen molar-refractivity contribution >= 4 is 17.3 Å². The van der Waals surface area contributed by atoms with Crippen LogP contribution in [0.25, 0.3) is 5.57 Å². The summed E-state index contributed by atoms with van der Waals surface area (Å²) < 4.78 is 10.4. The van der Waals surface area contributed by atoms with Crippen molar-refractivity contribution in [3.63, 3.8) is 0 Å². The number of ether oxygens (including phenoxy) is 2. The molecule has 3 rings (SSSR count). The molecule has 0 amide bonds. The molecule has 140 valence electrons. The zero-order valence-corrected chi connectivity index (χ0v) is 15.9. The van der Waals surface area contributed by atoms with E-state index in [4.69, 9.17) is 9.47 Å². The van der Waals surface area contributed by atoms with Crippen molar-refractivity contribution in [1.29, 1.82) is 0 Å². The Kier molecular flexibility index (Phi) is 5.75. The molecular formula is C23H24O4. The molecular weight excluding hydrogens is 340 g/mol. The minimum absolute atomic E-state index is 0.196. The predicted octanol–water partition coefficient (Wildman–Crippen LogP) is 4.32. The number of allylic oxidation sites excluding steroid dienone is 2. The van der Waals surface area contributed by atoms with Gasteiger partial charge in [0.25, 0.3) is 0 Å². The summed E-state index contributed by atoms with van der Waals surface area (Å²) in [7, 11) is 1.62. The molecule has 0 fully saturated rings. The van der Waals surface area contributed by atoms with Gasteiger partial charge in [-0.15, -0.1) is 0 Å². The Bertz CT molecular complexity index is 864. The van der Waals surface area contributed by atoms with Crippen LogP contribution in [0.5, 0.6) is 5.75 Å². The fraction of sp³-hybridized carbons (Fsp3) is 0.304. The van der Waals surface area contributed by atoms with E-state index in [-0.39, 0.29) is 18.3 Å². The predicted molar refractivity (Wildman–Crippen MR) is 105 cm³/mol. The van der Waals surface area contributed by atoms with Crippen LogP contribution in [0, 0.1) is 12.8 Å². The summed E-state index contributed by atoms with van der Waals surface area (Å²) in [6.07, 6.45) is 2.20. The van der Waals surface area contributed by atoms with Gasteiger partial charge in [-0.3, -0.25) is 9.59 Å². The molecule has 0 bridgehead atoms. The molecule has 2 aromatic rings. The summed E-state index contributed by atoms with van der Waals surface area (Å²) in [5.41, 5.74) is 3.98. The minimum Gasteiger partial charge on any atom is -0.497 e. The summed E-state index contributed by atoms with van der Waals surface area (Å²) in [6, 6.07) is 15.5. The van der Waals surface area contributed by atoms with E-state index in [0.717, 1.165) is 28.0 Å². The van der Waals surface area contributed by atoms with E-state index in [1.54, 1.807) is 20.1 Å². The Hall–Kier alpha value is -2.88. The van der Waals surface area contributed by atoms with Gasteiger partial charge in [0.05, 0.1) is 13.7 Å². The highest BCUT2D eigenvalue weighted by atomic mass is 16.5. The van der Waals surface area contributed by atoms with Crippen LogP contribution in [-0.2, 0) is 14.3 Å². The smallest absolute Gasteiger partial charge is 0.317 e. The summed E-state index contributed by atoms with van der Waals surface area (Å²) in [4.78, 5) is 25.5. The molecule has 0 unspecified atom stereocenters. The van der Waals surface area contributed by atoms with Crippen molar-refractivity contribution in [2.24, 2.45) is 5.92 Å². The Morgan fingerprint density at radius 2 is 1.81 bits per heavy atom. The molecule has 0 radical (unpaired) electrons. The number of carbonyl (C=O) groups excluding carboxylic acids is 2.